The summed E-state index contributed by atoms with van der Waals surface area (Å²) in [6.45, 7) is 7.45. The number of amides is 2. The Bertz CT molecular complexity index is 495. The zero-order chi connectivity index (χ0) is 15.3. The molecule has 1 heterocycles. The maximum Gasteiger partial charge on any atom is 0.276 e. The number of nitrogens with one attached hydrogen (secondary N) is 2. The molecule has 0 radical (unpaired) electrons. The summed E-state index contributed by atoms with van der Waals surface area (Å²) in [5.74, 6) is -0.697. The fourth-order valence-electron chi connectivity index (χ4n) is 1.63. The van der Waals surface area contributed by atoms with Crippen molar-refractivity contribution in [3.63, 3.8) is 0 Å². The van der Waals surface area contributed by atoms with Gasteiger partial charge in [-0.1, -0.05) is 27.7 Å². The molecule has 2 amide bonds. The largest absolute Gasteiger partial charge is 0.349 e. The number of rotatable bonds is 4. The molecule has 3 N–H and O–H groups in total. The van der Waals surface area contributed by atoms with E-state index in [0.29, 0.717) is 6.42 Å². The normalized spacial score (nSPS) is 12.7. The third-order valence-electron chi connectivity index (χ3n) is 2.92. The first kappa shape index (κ1) is 16.1. The molecule has 1 atom stereocenters. The maximum atomic E-state index is 12.0. The number of carbonyl (C=O) groups excluding carboxylic acids is 2. The lowest BCUT2D eigenvalue weighted by atomic mass is 9.94. The third kappa shape index (κ3) is 4.03. The monoisotopic (exact) mass is 279 g/mol. The predicted octanol–water partition coefficient (Wildman–Crippen LogP) is 1.81. The van der Waals surface area contributed by atoms with Crippen molar-refractivity contribution >= 4 is 11.8 Å². The first-order chi connectivity index (χ1) is 9.29. The van der Waals surface area contributed by atoms with Crippen molar-refractivity contribution in [2.75, 3.05) is 0 Å². The Morgan fingerprint density at radius 2 is 2.00 bits per heavy atom. The molecule has 0 aliphatic carbocycles. The minimum atomic E-state index is -0.628. The van der Waals surface area contributed by atoms with Crippen LogP contribution in [0.25, 0.3) is 0 Å². The van der Waals surface area contributed by atoms with Gasteiger partial charge in [0.1, 0.15) is 0 Å². The van der Waals surface area contributed by atoms with E-state index in [9.17, 15) is 9.59 Å². The molecule has 1 aromatic rings. The van der Waals surface area contributed by atoms with Crippen molar-refractivity contribution in [2.24, 2.45) is 5.41 Å². The predicted molar refractivity (Wildman–Crippen MR) is 74.1 cm³/mol. The van der Waals surface area contributed by atoms with Gasteiger partial charge in [0.05, 0.1) is 11.6 Å². The zero-order valence-electron chi connectivity index (χ0n) is 12.2. The summed E-state index contributed by atoms with van der Waals surface area (Å²) in [6, 6.07) is 1.39. The van der Waals surface area contributed by atoms with Crippen LogP contribution >= 0.6 is 0 Å². The van der Waals surface area contributed by atoms with Gasteiger partial charge in [-0.25, -0.2) is 5.48 Å². The second-order valence-corrected chi connectivity index (χ2v) is 5.63. The number of hydrogen-bond acceptors (Lipinski definition) is 4. The van der Waals surface area contributed by atoms with Gasteiger partial charge in [0.25, 0.3) is 5.91 Å². The van der Waals surface area contributed by atoms with Gasteiger partial charge >= 0.3 is 0 Å². The Kier molecular flexibility index (Phi) is 5.21. The average Bonchev–Trinajstić information content (AvgIpc) is 2.42. The summed E-state index contributed by atoms with van der Waals surface area (Å²) in [7, 11) is 0. The summed E-state index contributed by atoms with van der Waals surface area (Å²) in [4.78, 5) is 27.4. The number of pyridine rings is 1. The standard InChI is InChI=1S/C14H21N3O3/c1-5-11(16-13(19)14(2,3)4)9-6-10(8-15-7-9)12(18)17-20/h6-8,11,20H,5H2,1-4H3,(H,16,19)(H,17,18). The van der Waals surface area contributed by atoms with E-state index < -0.39 is 11.3 Å². The van der Waals surface area contributed by atoms with Crippen molar-refractivity contribution in [3.8, 4) is 0 Å². The van der Waals surface area contributed by atoms with Gasteiger partial charge in [-0.2, -0.15) is 0 Å². The molecule has 0 bridgehead atoms. The van der Waals surface area contributed by atoms with Gasteiger partial charge in [-0.15, -0.1) is 0 Å². The van der Waals surface area contributed by atoms with Gasteiger partial charge < -0.3 is 5.32 Å². The molecule has 0 saturated carbocycles. The minimum absolute atomic E-state index is 0.0682. The van der Waals surface area contributed by atoms with E-state index in [1.54, 1.807) is 17.7 Å². The second-order valence-electron chi connectivity index (χ2n) is 5.63. The first-order valence-electron chi connectivity index (χ1n) is 6.50. The molecule has 0 aromatic carbocycles. The molecule has 6 nitrogen and oxygen atoms in total. The molecule has 0 saturated heterocycles. The highest BCUT2D eigenvalue weighted by Gasteiger charge is 2.24. The van der Waals surface area contributed by atoms with Crippen molar-refractivity contribution < 1.29 is 14.8 Å². The fourth-order valence-corrected chi connectivity index (χ4v) is 1.63. The molecule has 0 aliphatic heterocycles. The van der Waals surface area contributed by atoms with Crippen LogP contribution < -0.4 is 10.8 Å². The molecule has 1 rings (SSSR count). The van der Waals surface area contributed by atoms with Crippen LogP contribution in [0.15, 0.2) is 18.5 Å². The Hall–Kier alpha value is -1.95. The van der Waals surface area contributed by atoms with E-state index >= 15 is 0 Å². The number of hydroxylamine groups is 1. The lowest BCUT2D eigenvalue weighted by Crippen LogP contribution is -2.37. The number of carbonyl (C=O) groups is 2. The van der Waals surface area contributed by atoms with Crippen molar-refractivity contribution in [1.82, 2.24) is 15.8 Å². The van der Waals surface area contributed by atoms with Crippen LogP contribution in [-0.2, 0) is 4.79 Å². The van der Waals surface area contributed by atoms with E-state index in [4.69, 9.17) is 5.21 Å². The zero-order valence-corrected chi connectivity index (χ0v) is 12.2. The Labute approximate surface area is 118 Å². The number of hydrogen-bond donors (Lipinski definition) is 3. The van der Waals surface area contributed by atoms with Gasteiger partial charge in [0, 0.05) is 17.8 Å². The fraction of sp³-hybridized carbons (Fsp3) is 0.500. The van der Waals surface area contributed by atoms with Crippen LogP contribution in [0.3, 0.4) is 0 Å². The molecular formula is C14H21N3O3. The number of aromatic nitrogens is 1. The van der Waals surface area contributed by atoms with Crippen LogP contribution in [0.1, 0.15) is 56.1 Å². The Morgan fingerprint density at radius 3 is 2.50 bits per heavy atom. The van der Waals surface area contributed by atoms with Gasteiger partial charge in [0.2, 0.25) is 5.91 Å². The summed E-state index contributed by atoms with van der Waals surface area (Å²) in [5.41, 5.74) is 2.05. The molecule has 1 aromatic heterocycles. The second kappa shape index (κ2) is 6.47. The molecule has 6 heteroatoms. The van der Waals surface area contributed by atoms with E-state index in [0.717, 1.165) is 5.56 Å². The van der Waals surface area contributed by atoms with Crippen LogP contribution in [-0.4, -0.2) is 22.0 Å². The van der Waals surface area contributed by atoms with Gasteiger partial charge in [0.15, 0.2) is 0 Å². The smallest absolute Gasteiger partial charge is 0.276 e. The van der Waals surface area contributed by atoms with Crippen LogP contribution in [0.2, 0.25) is 0 Å². The van der Waals surface area contributed by atoms with Gasteiger partial charge in [-0.3, -0.25) is 19.8 Å². The molecule has 20 heavy (non-hydrogen) atoms. The topological polar surface area (TPSA) is 91.3 Å². The van der Waals surface area contributed by atoms with Crippen LogP contribution in [0, 0.1) is 5.41 Å². The maximum absolute atomic E-state index is 12.0. The summed E-state index contributed by atoms with van der Waals surface area (Å²) in [5, 5.41) is 11.6. The summed E-state index contributed by atoms with van der Waals surface area (Å²) < 4.78 is 0. The number of nitrogens with zero attached hydrogens (tertiary/aromatic N) is 1. The van der Waals surface area contributed by atoms with Crippen molar-refractivity contribution in [1.29, 1.82) is 0 Å². The van der Waals surface area contributed by atoms with E-state index in [2.05, 4.69) is 10.3 Å². The molecule has 1 unspecified atom stereocenters. The molecule has 110 valence electrons. The highest BCUT2D eigenvalue weighted by molar-refractivity contribution is 5.93. The van der Waals surface area contributed by atoms with Crippen LogP contribution in [0.5, 0.6) is 0 Å². The lowest BCUT2D eigenvalue weighted by Gasteiger charge is -2.23. The molecule has 0 spiro atoms. The first-order valence-corrected chi connectivity index (χ1v) is 6.50. The highest BCUT2D eigenvalue weighted by Crippen LogP contribution is 2.20. The lowest BCUT2D eigenvalue weighted by molar-refractivity contribution is -0.129. The minimum Gasteiger partial charge on any atom is -0.349 e. The highest BCUT2D eigenvalue weighted by atomic mass is 16.5. The van der Waals surface area contributed by atoms with Crippen molar-refractivity contribution in [3.05, 3.63) is 29.6 Å². The van der Waals surface area contributed by atoms with Crippen LogP contribution in [0.4, 0.5) is 0 Å². The third-order valence-corrected chi connectivity index (χ3v) is 2.92. The summed E-state index contributed by atoms with van der Waals surface area (Å²) >= 11 is 0. The van der Waals surface area contributed by atoms with Crippen molar-refractivity contribution in [2.45, 2.75) is 40.2 Å². The summed E-state index contributed by atoms with van der Waals surface area (Å²) in [6.07, 6.45) is 3.63. The Balaban J connectivity index is 2.96. The van der Waals surface area contributed by atoms with E-state index in [1.165, 1.54) is 6.20 Å². The van der Waals surface area contributed by atoms with E-state index in [-0.39, 0.29) is 17.5 Å². The van der Waals surface area contributed by atoms with Gasteiger partial charge in [-0.05, 0) is 18.1 Å². The van der Waals surface area contributed by atoms with E-state index in [1.807, 2.05) is 27.7 Å². The molecule has 0 aliphatic rings. The molecular weight excluding hydrogens is 258 g/mol. The quantitative estimate of drug-likeness (QED) is 0.579. The molecule has 0 fully saturated rings. The average molecular weight is 279 g/mol. The Morgan fingerprint density at radius 1 is 1.35 bits per heavy atom. The SMILES string of the molecule is CCC(NC(=O)C(C)(C)C)c1cncc(C(=O)NO)c1.